The van der Waals surface area contributed by atoms with Crippen LogP contribution in [0.4, 0.5) is 0 Å². The standard InChI is InChI=1S/C29H33NO6S/c1-5-9-20-26(29(33)36-7-3)23(17-11-13-18(34-4)14-12-17)25-21(30-20)16-19(22-10-8-15-37-22)24(27(25)31)28(32)35-6-2/h8,10-15,19,23-24,30H,5-7,9,16H2,1-4H3. The zero-order valence-corrected chi connectivity index (χ0v) is 22.5. The third kappa shape index (κ3) is 5.21. The average Bonchev–Trinajstić information content (AvgIpc) is 3.43. The molecule has 37 heavy (non-hydrogen) atoms. The second-order valence-corrected chi connectivity index (χ2v) is 9.99. The lowest BCUT2D eigenvalue weighted by molar-refractivity contribution is -0.152. The van der Waals surface area contributed by atoms with E-state index in [-0.39, 0.29) is 24.9 Å². The molecule has 1 aliphatic heterocycles. The van der Waals surface area contributed by atoms with Crippen molar-refractivity contribution in [1.29, 1.82) is 0 Å². The molecule has 1 aromatic carbocycles. The number of carbonyl (C=O) groups excluding carboxylic acids is 3. The first-order valence-corrected chi connectivity index (χ1v) is 13.6. The van der Waals surface area contributed by atoms with E-state index in [9.17, 15) is 14.4 Å². The van der Waals surface area contributed by atoms with Crippen molar-refractivity contribution in [1.82, 2.24) is 5.32 Å². The second kappa shape index (κ2) is 11.8. The fourth-order valence-electron chi connectivity index (χ4n) is 5.25. The van der Waals surface area contributed by atoms with Gasteiger partial charge in [0.2, 0.25) is 0 Å². The molecule has 0 amide bonds. The van der Waals surface area contributed by atoms with Gasteiger partial charge >= 0.3 is 11.9 Å². The highest BCUT2D eigenvalue weighted by atomic mass is 32.1. The van der Waals surface area contributed by atoms with Gasteiger partial charge in [-0.15, -0.1) is 11.3 Å². The van der Waals surface area contributed by atoms with E-state index >= 15 is 0 Å². The Bertz CT molecular complexity index is 1210. The topological polar surface area (TPSA) is 90.9 Å². The van der Waals surface area contributed by atoms with Crippen LogP contribution in [0.3, 0.4) is 0 Å². The van der Waals surface area contributed by atoms with E-state index in [2.05, 4.69) is 5.32 Å². The quantitative estimate of drug-likeness (QED) is 0.355. The van der Waals surface area contributed by atoms with Crippen LogP contribution in [0, 0.1) is 5.92 Å². The molecule has 3 unspecified atom stereocenters. The number of methoxy groups -OCH3 is 1. The SMILES string of the molecule is CCCC1=C(C(=O)OCC)C(c2ccc(OC)cc2)C2=C(CC(c3cccs3)C(C(=O)OCC)C2=O)N1. The summed E-state index contributed by atoms with van der Waals surface area (Å²) in [4.78, 5) is 41.8. The molecular formula is C29H33NO6S. The first-order chi connectivity index (χ1) is 17.9. The molecule has 3 atom stereocenters. The Morgan fingerprint density at radius 3 is 2.38 bits per heavy atom. The minimum absolute atomic E-state index is 0.181. The summed E-state index contributed by atoms with van der Waals surface area (Å²) in [6.07, 6.45) is 1.88. The van der Waals surface area contributed by atoms with Crippen LogP contribution in [0.2, 0.25) is 0 Å². The molecule has 4 rings (SSSR count). The molecule has 0 spiro atoms. The van der Waals surface area contributed by atoms with Crippen molar-refractivity contribution in [2.24, 2.45) is 5.92 Å². The van der Waals surface area contributed by atoms with Crippen molar-refractivity contribution in [2.75, 3.05) is 20.3 Å². The van der Waals surface area contributed by atoms with Crippen LogP contribution in [0.1, 0.15) is 62.3 Å². The summed E-state index contributed by atoms with van der Waals surface area (Å²) in [6.45, 7) is 5.93. The summed E-state index contributed by atoms with van der Waals surface area (Å²) >= 11 is 1.52. The number of rotatable bonds is 9. The van der Waals surface area contributed by atoms with E-state index in [0.29, 0.717) is 29.7 Å². The zero-order chi connectivity index (χ0) is 26.5. The van der Waals surface area contributed by atoms with Crippen LogP contribution in [0.25, 0.3) is 0 Å². The van der Waals surface area contributed by atoms with E-state index < -0.39 is 23.8 Å². The summed E-state index contributed by atoms with van der Waals surface area (Å²) < 4.78 is 16.2. The molecule has 1 aromatic heterocycles. The largest absolute Gasteiger partial charge is 0.497 e. The molecule has 2 aromatic rings. The molecule has 0 saturated carbocycles. The summed E-state index contributed by atoms with van der Waals surface area (Å²) in [5.74, 6) is -2.66. The molecule has 0 radical (unpaired) electrons. The number of hydrogen-bond donors (Lipinski definition) is 1. The lowest BCUT2D eigenvalue weighted by Gasteiger charge is -2.39. The minimum atomic E-state index is -0.990. The molecule has 0 bridgehead atoms. The number of allylic oxidation sites excluding steroid dienone is 3. The van der Waals surface area contributed by atoms with Gasteiger partial charge in [-0.2, -0.15) is 0 Å². The van der Waals surface area contributed by atoms with Crippen LogP contribution in [0.15, 0.2) is 64.3 Å². The number of nitrogens with one attached hydrogen (secondary N) is 1. The molecule has 7 nitrogen and oxygen atoms in total. The van der Waals surface area contributed by atoms with Crippen molar-refractivity contribution in [3.63, 3.8) is 0 Å². The second-order valence-electron chi connectivity index (χ2n) is 9.01. The Morgan fingerprint density at radius 2 is 1.78 bits per heavy atom. The highest BCUT2D eigenvalue weighted by molar-refractivity contribution is 7.10. The average molecular weight is 524 g/mol. The molecule has 0 fully saturated rings. The van der Waals surface area contributed by atoms with Gasteiger partial charge in [0, 0.05) is 33.7 Å². The van der Waals surface area contributed by atoms with Gasteiger partial charge in [-0.05, 0) is 55.8 Å². The van der Waals surface area contributed by atoms with Gasteiger partial charge in [0.25, 0.3) is 0 Å². The normalized spacial score (nSPS) is 21.3. The van der Waals surface area contributed by atoms with Crippen LogP contribution >= 0.6 is 11.3 Å². The number of hydrogen-bond acceptors (Lipinski definition) is 8. The predicted octanol–water partition coefficient (Wildman–Crippen LogP) is 5.25. The van der Waals surface area contributed by atoms with Gasteiger partial charge in [-0.25, -0.2) is 4.79 Å². The molecule has 8 heteroatoms. The van der Waals surface area contributed by atoms with Gasteiger partial charge < -0.3 is 19.5 Å². The van der Waals surface area contributed by atoms with E-state index in [1.54, 1.807) is 21.0 Å². The maximum absolute atomic E-state index is 14.3. The smallest absolute Gasteiger partial charge is 0.336 e. The fourth-order valence-corrected chi connectivity index (χ4v) is 6.11. The number of thiophene rings is 1. The van der Waals surface area contributed by atoms with Crippen LogP contribution in [-0.4, -0.2) is 38.0 Å². The number of dihydropyridines is 1. The van der Waals surface area contributed by atoms with Crippen LogP contribution in [0.5, 0.6) is 5.75 Å². The number of benzene rings is 1. The van der Waals surface area contributed by atoms with Crippen molar-refractivity contribution in [3.8, 4) is 5.75 Å². The lowest BCUT2D eigenvalue weighted by atomic mass is 9.68. The number of ether oxygens (including phenoxy) is 3. The third-order valence-electron chi connectivity index (χ3n) is 6.80. The third-order valence-corrected chi connectivity index (χ3v) is 7.80. The number of carbonyl (C=O) groups is 3. The van der Waals surface area contributed by atoms with Crippen molar-refractivity contribution in [2.45, 2.75) is 51.9 Å². The Kier molecular flexibility index (Phi) is 8.48. The molecule has 0 saturated heterocycles. The van der Waals surface area contributed by atoms with E-state index in [4.69, 9.17) is 14.2 Å². The minimum Gasteiger partial charge on any atom is -0.497 e. The first kappa shape index (κ1) is 26.7. The number of esters is 2. The van der Waals surface area contributed by atoms with E-state index in [0.717, 1.165) is 28.3 Å². The van der Waals surface area contributed by atoms with Gasteiger partial charge in [-0.1, -0.05) is 31.5 Å². The van der Waals surface area contributed by atoms with Gasteiger partial charge in [0.15, 0.2) is 5.78 Å². The fraction of sp³-hybridized carbons (Fsp3) is 0.414. The molecule has 2 heterocycles. The molecule has 196 valence electrons. The van der Waals surface area contributed by atoms with Crippen molar-refractivity contribution >= 4 is 29.1 Å². The van der Waals surface area contributed by atoms with Crippen molar-refractivity contribution in [3.05, 3.63) is 74.8 Å². The van der Waals surface area contributed by atoms with Crippen LogP contribution < -0.4 is 10.1 Å². The van der Waals surface area contributed by atoms with Gasteiger partial charge in [-0.3, -0.25) is 9.59 Å². The highest BCUT2D eigenvalue weighted by Crippen LogP contribution is 2.49. The molecule has 1 aliphatic carbocycles. The van der Waals surface area contributed by atoms with Gasteiger partial charge in [0.1, 0.15) is 11.7 Å². The maximum Gasteiger partial charge on any atom is 0.336 e. The lowest BCUT2D eigenvalue weighted by Crippen LogP contribution is -2.43. The summed E-state index contributed by atoms with van der Waals surface area (Å²) in [5.41, 5.74) is 3.11. The molecule has 2 aliphatic rings. The zero-order valence-electron chi connectivity index (χ0n) is 21.7. The molecular weight excluding hydrogens is 490 g/mol. The summed E-state index contributed by atoms with van der Waals surface area (Å²) in [5, 5.41) is 5.39. The Hall–Kier alpha value is -3.39. The summed E-state index contributed by atoms with van der Waals surface area (Å²) in [7, 11) is 1.59. The van der Waals surface area contributed by atoms with Crippen molar-refractivity contribution < 1.29 is 28.6 Å². The van der Waals surface area contributed by atoms with E-state index in [1.165, 1.54) is 11.3 Å². The van der Waals surface area contributed by atoms with Gasteiger partial charge in [0.05, 0.1) is 25.9 Å². The Balaban J connectivity index is 1.91. The maximum atomic E-state index is 14.3. The first-order valence-electron chi connectivity index (χ1n) is 12.7. The number of Topliss-reactive ketones (excluding diaryl/α,β-unsaturated/α-hetero) is 1. The van der Waals surface area contributed by atoms with E-state index in [1.807, 2.05) is 48.7 Å². The monoisotopic (exact) mass is 523 g/mol. The number of ketones is 1. The molecule has 1 N–H and O–H groups in total. The Morgan fingerprint density at radius 1 is 1.05 bits per heavy atom. The van der Waals surface area contributed by atoms with Crippen LogP contribution in [-0.2, 0) is 23.9 Å². The summed E-state index contributed by atoms with van der Waals surface area (Å²) in [6, 6.07) is 11.2. The highest BCUT2D eigenvalue weighted by Gasteiger charge is 2.49. The predicted molar refractivity (Wildman–Crippen MR) is 141 cm³/mol. The Labute approximate surface area is 221 Å².